The molecule has 0 unspecified atom stereocenters. The molecule has 0 saturated carbocycles. The van der Waals surface area contributed by atoms with Gasteiger partial charge in [-0.15, -0.1) is 0 Å². The van der Waals surface area contributed by atoms with Crippen molar-refractivity contribution in [2.75, 3.05) is 46.5 Å². The Labute approximate surface area is 147 Å². The highest BCUT2D eigenvalue weighted by Crippen LogP contribution is 2.33. The normalized spacial score (nSPS) is 19.0. The molecule has 0 N–H and O–H groups in total. The first-order chi connectivity index (χ1) is 12.0. The molecule has 0 bridgehead atoms. The van der Waals surface area contributed by atoms with E-state index in [4.69, 9.17) is 14.2 Å². The molecule has 1 fully saturated rings. The summed E-state index contributed by atoms with van der Waals surface area (Å²) in [5, 5.41) is 0. The zero-order chi connectivity index (χ0) is 17.9. The third kappa shape index (κ3) is 3.82. The number of benzene rings is 1. The molecular weight excluding hydrogens is 348 g/mol. The summed E-state index contributed by atoms with van der Waals surface area (Å²) < 4.78 is 43.1. The molecule has 1 aromatic carbocycles. The van der Waals surface area contributed by atoms with Gasteiger partial charge in [0.2, 0.25) is 10.0 Å². The van der Waals surface area contributed by atoms with Gasteiger partial charge in [-0.25, -0.2) is 13.2 Å². The third-order valence-corrected chi connectivity index (χ3v) is 6.14. The minimum atomic E-state index is -3.67. The molecule has 0 atom stereocenters. The van der Waals surface area contributed by atoms with Crippen LogP contribution in [0.15, 0.2) is 23.1 Å². The average molecular weight is 370 g/mol. The van der Waals surface area contributed by atoms with Gasteiger partial charge in [0.05, 0.1) is 25.2 Å². The van der Waals surface area contributed by atoms with Gasteiger partial charge in [-0.1, -0.05) is 0 Å². The number of hydrogen-bond acceptors (Lipinski definition) is 6. The molecular formula is C16H22N2O6S. The first kappa shape index (κ1) is 17.8. The van der Waals surface area contributed by atoms with Crippen molar-refractivity contribution < 1.29 is 27.4 Å². The second-order valence-corrected chi connectivity index (χ2v) is 7.81. The largest absolute Gasteiger partial charge is 0.490 e. The number of carbonyl (C=O) groups excluding carboxylic acids is 1. The van der Waals surface area contributed by atoms with Gasteiger partial charge in [0.15, 0.2) is 11.5 Å². The van der Waals surface area contributed by atoms with Crippen molar-refractivity contribution in [1.82, 2.24) is 9.21 Å². The van der Waals surface area contributed by atoms with Gasteiger partial charge >= 0.3 is 6.09 Å². The molecule has 0 aromatic heterocycles. The first-order valence-corrected chi connectivity index (χ1v) is 9.69. The number of nitrogens with zero attached hydrogens (tertiary/aromatic N) is 2. The predicted molar refractivity (Wildman–Crippen MR) is 89.4 cm³/mol. The summed E-state index contributed by atoms with van der Waals surface area (Å²) in [5.41, 5.74) is 0. The molecule has 0 aliphatic carbocycles. The number of rotatable bonds is 2. The minimum Gasteiger partial charge on any atom is -0.490 e. The number of ether oxygens (including phenoxy) is 3. The lowest BCUT2D eigenvalue weighted by molar-refractivity contribution is 0.126. The zero-order valence-corrected chi connectivity index (χ0v) is 15.0. The van der Waals surface area contributed by atoms with Crippen LogP contribution in [0.5, 0.6) is 11.5 Å². The van der Waals surface area contributed by atoms with E-state index in [9.17, 15) is 13.2 Å². The van der Waals surface area contributed by atoms with Crippen molar-refractivity contribution in [2.24, 2.45) is 0 Å². The van der Waals surface area contributed by atoms with Crippen LogP contribution in [0, 0.1) is 0 Å². The molecule has 0 radical (unpaired) electrons. The Morgan fingerprint density at radius 2 is 1.80 bits per heavy atom. The fourth-order valence-corrected chi connectivity index (χ4v) is 4.38. The molecule has 0 spiro atoms. The Morgan fingerprint density at radius 3 is 2.56 bits per heavy atom. The Kier molecular flexibility index (Phi) is 5.33. The van der Waals surface area contributed by atoms with Crippen LogP contribution >= 0.6 is 0 Å². The van der Waals surface area contributed by atoms with Gasteiger partial charge in [-0.05, 0) is 18.6 Å². The van der Waals surface area contributed by atoms with Crippen LogP contribution in [0.4, 0.5) is 4.79 Å². The average Bonchev–Trinajstić information content (AvgIpc) is 3.01. The van der Waals surface area contributed by atoms with Crippen molar-refractivity contribution in [1.29, 1.82) is 0 Å². The Balaban J connectivity index is 1.79. The highest BCUT2D eigenvalue weighted by atomic mass is 32.2. The van der Waals surface area contributed by atoms with Crippen LogP contribution in [0.2, 0.25) is 0 Å². The van der Waals surface area contributed by atoms with Crippen LogP contribution in [-0.2, 0) is 14.8 Å². The molecule has 1 saturated heterocycles. The standard InChI is InChI=1S/C16H22N2O6S/c1-22-16(19)17-6-2-7-18(9-8-17)25(20,21)13-4-5-14-15(12-13)24-11-3-10-23-14/h4-5,12H,2-3,6-11H2,1H3. The van der Waals surface area contributed by atoms with Crippen molar-refractivity contribution >= 4 is 16.1 Å². The molecule has 8 nitrogen and oxygen atoms in total. The lowest BCUT2D eigenvalue weighted by Gasteiger charge is -2.21. The fraction of sp³-hybridized carbons (Fsp3) is 0.562. The smallest absolute Gasteiger partial charge is 0.409 e. The number of carbonyl (C=O) groups is 1. The monoisotopic (exact) mass is 370 g/mol. The Bertz CT molecular complexity index is 736. The number of hydrogen-bond donors (Lipinski definition) is 0. The number of amides is 1. The SMILES string of the molecule is COC(=O)N1CCCN(S(=O)(=O)c2ccc3c(c2)OCCCO3)CC1. The molecule has 25 heavy (non-hydrogen) atoms. The summed E-state index contributed by atoms with van der Waals surface area (Å²) in [6.07, 6.45) is 0.875. The van der Waals surface area contributed by atoms with E-state index < -0.39 is 16.1 Å². The maximum atomic E-state index is 13.0. The summed E-state index contributed by atoms with van der Waals surface area (Å²) >= 11 is 0. The Hall–Kier alpha value is -2.00. The maximum absolute atomic E-state index is 13.0. The van der Waals surface area contributed by atoms with E-state index in [0.717, 1.165) is 6.42 Å². The number of sulfonamides is 1. The van der Waals surface area contributed by atoms with Gasteiger partial charge < -0.3 is 19.1 Å². The summed E-state index contributed by atoms with van der Waals surface area (Å²) in [5.74, 6) is 1.01. The van der Waals surface area contributed by atoms with Crippen LogP contribution in [-0.4, -0.2) is 70.2 Å². The molecule has 1 aromatic rings. The first-order valence-electron chi connectivity index (χ1n) is 8.25. The molecule has 2 aliphatic rings. The lowest BCUT2D eigenvalue weighted by Crippen LogP contribution is -2.37. The van der Waals surface area contributed by atoms with Gasteiger partial charge in [0.25, 0.3) is 0 Å². The second-order valence-electron chi connectivity index (χ2n) is 5.87. The number of methoxy groups -OCH3 is 1. The van der Waals surface area contributed by atoms with Crippen LogP contribution < -0.4 is 9.47 Å². The van der Waals surface area contributed by atoms with E-state index in [1.165, 1.54) is 28.4 Å². The van der Waals surface area contributed by atoms with E-state index in [0.29, 0.717) is 50.8 Å². The van der Waals surface area contributed by atoms with Crippen LogP contribution in [0.3, 0.4) is 0 Å². The van der Waals surface area contributed by atoms with Crippen molar-refractivity contribution in [3.8, 4) is 11.5 Å². The second kappa shape index (κ2) is 7.49. The van der Waals surface area contributed by atoms with Crippen molar-refractivity contribution in [3.63, 3.8) is 0 Å². The molecule has 1 amide bonds. The summed E-state index contributed by atoms with van der Waals surface area (Å²) in [6.45, 7) is 2.40. The summed E-state index contributed by atoms with van der Waals surface area (Å²) in [7, 11) is -2.35. The zero-order valence-electron chi connectivity index (χ0n) is 14.1. The molecule has 2 heterocycles. The summed E-state index contributed by atoms with van der Waals surface area (Å²) in [4.78, 5) is 13.3. The third-order valence-electron chi connectivity index (χ3n) is 4.24. The fourth-order valence-electron chi connectivity index (χ4n) is 2.90. The van der Waals surface area contributed by atoms with Gasteiger partial charge in [0, 0.05) is 38.7 Å². The van der Waals surface area contributed by atoms with Crippen LogP contribution in [0.25, 0.3) is 0 Å². The van der Waals surface area contributed by atoms with Gasteiger partial charge in [0.1, 0.15) is 0 Å². The van der Waals surface area contributed by atoms with Gasteiger partial charge in [-0.2, -0.15) is 4.31 Å². The minimum absolute atomic E-state index is 0.170. The van der Waals surface area contributed by atoms with E-state index in [2.05, 4.69) is 0 Å². The highest BCUT2D eigenvalue weighted by Gasteiger charge is 2.29. The molecule has 3 rings (SSSR count). The summed E-state index contributed by atoms with van der Waals surface area (Å²) in [6, 6.07) is 4.68. The quantitative estimate of drug-likeness (QED) is 0.780. The van der Waals surface area contributed by atoms with E-state index >= 15 is 0 Å². The van der Waals surface area contributed by atoms with Crippen molar-refractivity contribution in [2.45, 2.75) is 17.7 Å². The molecule has 9 heteroatoms. The lowest BCUT2D eigenvalue weighted by atomic mass is 10.3. The topological polar surface area (TPSA) is 85.4 Å². The van der Waals surface area contributed by atoms with Crippen molar-refractivity contribution in [3.05, 3.63) is 18.2 Å². The molecule has 138 valence electrons. The van der Waals surface area contributed by atoms with E-state index in [1.54, 1.807) is 6.07 Å². The number of fused-ring (bicyclic) bond motifs is 1. The maximum Gasteiger partial charge on any atom is 0.409 e. The van der Waals surface area contributed by atoms with E-state index in [1.807, 2.05) is 0 Å². The highest BCUT2D eigenvalue weighted by molar-refractivity contribution is 7.89. The van der Waals surface area contributed by atoms with E-state index in [-0.39, 0.29) is 11.4 Å². The van der Waals surface area contributed by atoms with Gasteiger partial charge in [-0.3, -0.25) is 0 Å². The molecule has 2 aliphatic heterocycles. The van der Waals surface area contributed by atoms with Crippen LogP contribution in [0.1, 0.15) is 12.8 Å². The predicted octanol–water partition coefficient (Wildman–Crippen LogP) is 1.31. The Morgan fingerprint density at radius 1 is 1.04 bits per heavy atom.